The van der Waals surface area contributed by atoms with Gasteiger partial charge in [-0.3, -0.25) is 0 Å². The summed E-state index contributed by atoms with van der Waals surface area (Å²) in [6, 6.07) is 14.9. The number of rotatable bonds is 5. The highest BCUT2D eigenvalue weighted by Crippen LogP contribution is 2.23. The van der Waals surface area contributed by atoms with Gasteiger partial charge in [-0.25, -0.2) is 0 Å². The van der Waals surface area contributed by atoms with E-state index in [1.807, 2.05) is 0 Å². The van der Waals surface area contributed by atoms with E-state index in [9.17, 15) is 0 Å². The number of fused-ring (bicyclic) bond motifs is 1. The number of benzene rings is 2. The van der Waals surface area contributed by atoms with Crippen molar-refractivity contribution in [1.29, 1.82) is 0 Å². The molecule has 0 bridgehead atoms. The van der Waals surface area contributed by atoms with Crippen LogP contribution in [-0.2, 0) is 11.2 Å². The Morgan fingerprint density at radius 1 is 1.11 bits per heavy atom. The quantitative estimate of drug-likeness (QED) is 0.875. The van der Waals surface area contributed by atoms with Crippen LogP contribution in [0, 0.1) is 0 Å². The molecule has 0 aliphatic carbocycles. The SMILES string of the molecule is COCCC(C)(N)Cc1cccc2ccccc12. The van der Waals surface area contributed by atoms with E-state index in [1.165, 1.54) is 16.3 Å². The number of hydrogen-bond donors (Lipinski definition) is 1. The van der Waals surface area contributed by atoms with Crippen molar-refractivity contribution in [2.75, 3.05) is 13.7 Å². The number of nitrogens with two attached hydrogens (primary N) is 1. The summed E-state index contributed by atoms with van der Waals surface area (Å²) in [5, 5.41) is 2.58. The summed E-state index contributed by atoms with van der Waals surface area (Å²) in [4.78, 5) is 0. The number of hydrogen-bond acceptors (Lipinski definition) is 2. The van der Waals surface area contributed by atoms with Crippen LogP contribution in [0.4, 0.5) is 0 Å². The second-order valence-electron chi connectivity index (χ2n) is 5.21. The molecule has 0 heterocycles. The first-order valence-corrected chi connectivity index (χ1v) is 6.37. The van der Waals surface area contributed by atoms with Crippen LogP contribution in [0.3, 0.4) is 0 Å². The molecule has 2 heteroatoms. The molecule has 2 aromatic rings. The topological polar surface area (TPSA) is 35.2 Å². The summed E-state index contributed by atoms with van der Waals surface area (Å²) in [5.74, 6) is 0. The van der Waals surface area contributed by atoms with Crippen molar-refractivity contribution in [3.05, 3.63) is 48.0 Å². The minimum absolute atomic E-state index is 0.222. The third kappa shape index (κ3) is 3.09. The summed E-state index contributed by atoms with van der Waals surface area (Å²) in [6.45, 7) is 2.80. The Bertz CT molecular complexity index is 514. The van der Waals surface area contributed by atoms with Gasteiger partial charge >= 0.3 is 0 Å². The molecule has 1 atom stereocenters. The molecular weight excluding hydrogens is 222 g/mol. The Hall–Kier alpha value is -1.38. The van der Waals surface area contributed by atoms with Crippen molar-refractivity contribution < 1.29 is 4.74 Å². The molecule has 0 saturated heterocycles. The second-order valence-corrected chi connectivity index (χ2v) is 5.21. The largest absolute Gasteiger partial charge is 0.385 e. The van der Waals surface area contributed by atoms with E-state index in [1.54, 1.807) is 7.11 Å². The molecule has 2 nitrogen and oxygen atoms in total. The Morgan fingerprint density at radius 3 is 2.61 bits per heavy atom. The van der Waals surface area contributed by atoms with Gasteiger partial charge < -0.3 is 10.5 Å². The molecule has 96 valence electrons. The normalized spacial score (nSPS) is 14.6. The monoisotopic (exact) mass is 243 g/mol. The lowest BCUT2D eigenvalue weighted by molar-refractivity contribution is 0.172. The Morgan fingerprint density at radius 2 is 1.83 bits per heavy atom. The van der Waals surface area contributed by atoms with E-state index < -0.39 is 0 Å². The molecule has 18 heavy (non-hydrogen) atoms. The van der Waals surface area contributed by atoms with Crippen molar-refractivity contribution in [1.82, 2.24) is 0 Å². The van der Waals surface area contributed by atoms with Crippen molar-refractivity contribution in [2.45, 2.75) is 25.3 Å². The zero-order valence-electron chi connectivity index (χ0n) is 11.1. The van der Waals surface area contributed by atoms with Crippen molar-refractivity contribution in [2.24, 2.45) is 5.73 Å². The first-order chi connectivity index (χ1) is 8.62. The smallest absolute Gasteiger partial charge is 0.0479 e. The average molecular weight is 243 g/mol. The lowest BCUT2D eigenvalue weighted by Crippen LogP contribution is -2.39. The predicted molar refractivity (Wildman–Crippen MR) is 76.7 cm³/mol. The zero-order valence-corrected chi connectivity index (χ0v) is 11.1. The minimum Gasteiger partial charge on any atom is -0.385 e. The van der Waals surface area contributed by atoms with Gasteiger partial charge in [0.2, 0.25) is 0 Å². The fraction of sp³-hybridized carbons (Fsp3) is 0.375. The second kappa shape index (κ2) is 5.51. The van der Waals surface area contributed by atoms with Gasteiger partial charge in [0.25, 0.3) is 0 Å². The lowest BCUT2D eigenvalue weighted by atomic mass is 9.88. The van der Waals surface area contributed by atoms with Gasteiger partial charge in [-0.15, -0.1) is 0 Å². The highest BCUT2D eigenvalue weighted by atomic mass is 16.5. The molecule has 0 radical (unpaired) electrons. The van der Waals surface area contributed by atoms with Crippen LogP contribution in [0.1, 0.15) is 18.9 Å². The van der Waals surface area contributed by atoms with Gasteiger partial charge in [0, 0.05) is 19.3 Å². The summed E-state index contributed by atoms with van der Waals surface area (Å²) in [7, 11) is 1.72. The highest BCUT2D eigenvalue weighted by Gasteiger charge is 2.19. The van der Waals surface area contributed by atoms with Crippen LogP contribution >= 0.6 is 0 Å². The molecule has 0 fully saturated rings. The third-order valence-corrected chi connectivity index (χ3v) is 3.35. The molecule has 0 spiro atoms. The zero-order chi connectivity index (χ0) is 13.0. The van der Waals surface area contributed by atoms with E-state index >= 15 is 0 Å². The lowest BCUT2D eigenvalue weighted by Gasteiger charge is -2.25. The van der Waals surface area contributed by atoms with Gasteiger partial charge in [-0.05, 0) is 36.1 Å². The summed E-state index contributed by atoms with van der Waals surface area (Å²) < 4.78 is 5.12. The molecule has 0 aliphatic heterocycles. The molecule has 0 amide bonds. The third-order valence-electron chi connectivity index (χ3n) is 3.35. The van der Waals surface area contributed by atoms with Crippen LogP contribution in [-0.4, -0.2) is 19.3 Å². The molecule has 1 unspecified atom stereocenters. The van der Waals surface area contributed by atoms with Crippen molar-refractivity contribution in [3.8, 4) is 0 Å². The van der Waals surface area contributed by atoms with Crippen LogP contribution in [0.25, 0.3) is 10.8 Å². The van der Waals surface area contributed by atoms with Gasteiger partial charge in [0.1, 0.15) is 0 Å². The predicted octanol–water partition coefficient (Wildman–Crippen LogP) is 3.14. The van der Waals surface area contributed by atoms with E-state index in [2.05, 4.69) is 49.4 Å². The molecule has 2 rings (SSSR count). The van der Waals surface area contributed by atoms with Crippen LogP contribution in [0.15, 0.2) is 42.5 Å². The van der Waals surface area contributed by atoms with E-state index in [0.29, 0.717) is 6.61 Å². The first kappa shape index (κ1) is 13.1. The first-order valence-electron chi connectivity index (χ1n) is 6.37. The number of ether oxygens (including phenoxy) is 1. The van der Waals surface area contributed by atoms with Crippen LogP contribution in [0.2, 0.25) is 0 Å². The molecule has 0 aromatic heterocycles. The maximum Gasteiger partial charge on any atom is 0.0479 e. The Balaban J connectivity index is 2.26. The van der Waals surface area contributed by atoms with Gasteiger partial charge in [0.05, 0.1) is 0 Å². The van der Waals surface area contributed by atoms with E-state index in [-0.39, 0.29) is 5.54 Å². The summed E-state index contributed by atoms with van der Waals surface area (Å²) >= 11 is 0. The molecular formula is C16H21NO. The summed E-state index contributed by atoms with van der Waals surface area (Å²) in [6.07, 6.45) is 1.74. The van der Waals surface area contributed by atoms with E-state index in [4.69, 9.17) is 10.5 Å². The van der Waals surface area contributed by atoms with Crippen LogP contribution < -0.4 is 5.73 Å². The average Bonchev–Trinajstić information content (AvgIpc) is 2.37. The van der Waals surface area contributed by atoms with Gasteiger partial charge in [-0.2, -0.15) is 0 Å². The molecule has 0 aliphatic rings. The minimum atomic E-state index is -0.222. The van der Waals surface area contributed by atoms with Gasteiger partial charge in [0.15, 0.2) is 0 Å². The highest BCUT2D eigenvalue weighted by molar-refractivity contribution is 5.85. The fourth-order valence-corrected chi connectivity index (χ4v) is 2.31. The molecule has 2 aromatic carbocycles. The number of methoxy groups -OCH3 is 1. The Labute approximate surface area is 109 Å². The summed E-state index contributed by atoms with van der Waals surface area (Å²) in [5.41, 5.74) is 7.44. The van der Waals surface area contributed by atoms with Crippen molar-refractivity contribution in [3.63, 3.8) is 0 Å². The van der Waals surface area contributed by atoms with Crippen molar-refractivity contribution >= 4 is 10.8 Å². The Kier molecular flexibility index (Phi) is 4.00. The van der Waals surface area contributed by atoms with Crippen LogP contribution in [0.5, 0.6) is 0 Å². The standard InChI is InChI=1S/C16H21NO/c1-16(17,10-11-18-2)12-14-8-5-7-13-6-3-4-9-15(13)14/h3-9H,10-12,17H2,1-2H3. The van der Waals surface area contributed by atoms with Gasteiger partial charge in [-0.1, -0.05) is 42.5 Å². The molecule has 0 saturated carbocycles. The maximum atomic E-state index is 6.35. The fourth-order valence-electron chi connectivity index (χ4n) is 2.31. The van der Waals surface area contributed by atoms with E-state index in [0.717, 1.165) is 12.8 Å². The maximum absolute atomic E-state index is 6.35. The molecule has 2 N–H and O–H groups in total.